The van der Waals surface area contributed by atoms with E-state index in [1.807, 2.05) is 0 Å². The van der Waals surface area contributed by atoms with Crippen molar-refractivity contribution in [2.45, 2.75) is 33.6 Å². The maximum atomic E-state index is 10.5. The van der Waals surface area contributed by atoms with Crippen LogP contribution < -0.4 is 5.32 Å². The van der Waals surface area contributed by atoms with Crippen LogP contribution in [0.25, 0.3) is 0 Å². The molecule has 11 heavy (non-hydrogen) atoms. The number of nitrogens with one attached hydrogen (secondary N) is 1. The SMILES string of the molecule is C=C(CCC(C)C)NC(C)=O. The van der Waals surface area contributed by atoms with Crippen molar-refractivity contribution in [2.24, 2.45) is 5.92 Å². The third-order valence-electron chi connectivity index (χ3n) is 1.38. The average molecular weight is 155 g/mol. The van der Waals surface area contributed by atoms with E-state index >= 15 is 0 Å². The molecule has 64 valence electrons. The quantitative estimate of drug-likeness (QED) is 0.661. The van der Waals surface area contributed by atoms with E-state index < -0.39 is 0 Å². The molecule has 0 aromatic rings. The molecule has 1 N–H and O–H groups in total. The second kappa shape index (κ2) is 4.94. The number of carbonyl (C=O) groups is 1. The molecule has 0 spiro atoms. The molecule has 0 rings (SSSR count). The molecular weight excluding hydrogens is 138 g/mol. The van der Waals surface area contributed by atoms with Gasteiger partial charge in [-0.3, -0.25) is 4.79 Å². The Kier molecular flexibility index (Phi) is 4.59. The van der Waals surface area contributed by atoms with Gasteiger partial charge in [0.25, 0.3) is 0 Å². The van der Waals surface area contributed by atoms with Gasteiger partial charge in [-0.1, -0.05) is 20.4 Å². The number of rotatable bonds is 4. The Hall–Kier alpha value is -0.790. The molecule has 0 unspecified atom stereocenters. The minimum atomic E-state index is -0.0289. The Morgan fingerprint density at radius 3 is 2.45 bits per heavy atom. The third kappa shape index (κ3) is 7.10. The summed E-state index contributed by atoms with van der Waals surface area (Å²) in [6, 6.07) is 0. The molecule has 0 atom stereocenters. The lowest BCUT2D eigenvalue weighted by Crippen LogP contribution is -2.18. The molecule has 0 aromatic carbocycles. The predicted octanol–water partition coefficient (Wildman–Crippen LogP) is 2.07. The monoisotopic (exact) mass is 155 g/mol. The van der Waals surface area contributed by atoms with Crippen LogP contribution in [0.4, 0.5) is 0 Å². The number of hydrogen-bond acceptors (Lipinski definition) is 1. The summed E-state index contributed by atoms with van der Waals surface area (Å²) in [6.07, 6.45) is 1.97. The van der Waals surface area contributed by atoms with Crippen LogP contribution in [0.2, 0.25) is 0 Å². The first kappa shape index (κ1) is 10.2. The molecular formula is C9H17NO. The van der Waals surface area contributed by atoms with Crippen LogP contribution >= 0.6 is 0 Å². The second-order valence-electron chi connectivity index (χ2n) is 3.22. The lowest BCUT2D eigenvalue weighted by molar-refractivity contribution is -0.118. The van der Waals surface area contributed by atoms with E-state index in [2.05, 4.69) is 25.7 Å². The number of amides is 1. The highest BCUT2D eigenvalue weighted by atomic mass is 16.1. The molecule has 0 aliphatic rings. The number of hydrogen-bond donors (Lipinski definition) is 1. The molecule has 0 aliphatic carbocycles. The Balaban J connectivity index is 3.46. The van der Waals surface area contributed by atoms with Crippen molar-refractivity contribution in [3.05, 3.63) is 12.3 Å². The number of carbonyl (C=O) groups excluding carboxylic acids is 1. The molecule has 0 aromatic heterocycles. The van der Waals surface area contributed by atoms with Crippen molar-refractivity contribution < 1.29 is 4.79 Å². The molecule has 0 radical (unpaired) electrons. The highest BCUT2D eigenvalue weighted by molar-refractivity contribution is 5.74. The van der Waals surface area contributed by atoms with Crippen molar-refractivity contribution in [3.8, 4) is 0 Å². The summed E-state index contributed by atoms with van der Waals surface area (Å²) in [7, 11) is 0. The standard InChI is InChI=1S/C9H17NO/c1-7(2)5-6-8(3)10-9(4)11/h7H,3,5-6H2,1-2,4H3,(H,10,11). The van der Waals surface area contributed by atoms with Crippen molar-refractivity contribution >= 4 is 5.91 Å². The van der Waals surface area contributed by atoms with Gasteiger partial charge in [-0.25, -0.2) is 0 Å². The normalized spacial score (nSPS) is 9.82. The van der Waals surface area contributed by atoms with Crippen LogP contribution in [0.1, 0.15) is 33.6 Å². The van der Waals surface area contributed by atoms with Crippen LogP contribution in [0.5, 0.6) is 0 Å². The van der Waals surface area contributed by atoms with E-state index in [0.29, 0.717) is 5.92 Å². The average Bonchev–Trinajstić information content (AvgIpc) is 1.82. The first-order chi connectivity index (χ1) is 5.02. The smallest absolute Gasteiger partial charge is 0.220 e. The third-order valence-corrected chi connectivity index (χ3v) is 1.38. The van der Waals surface area contributed by atoms with Gasteiger partial charge in [0.2, 0.25) is 5.91 Å². The number of allylic oxidation sites excluding steroid dienone is 1. The fourth-order valence-electron chi connectivity index (χ4n) is 0.774. The van der Waals surface area contributed by atoms with Crippen LogP contribution in [0, 0.1) is 5.92 Å². The van der Waals surface area contributed by atoms with Gasteiger partial charge in [-0.15, -0.1) is 0 Å². The summed E-state index contributed by atoms with van der Waals surface area (Å²) in [5.41, 5.74) is 0.825. The van der Waals surface area contributed by atoms with Crippen LogP contribution in [0.15, 0.2) is 12.3 Å². The Morgan fingerprint density at radius 2 is 2.09 bits per heavy atom. The molecule has 2 nitrogen and oxygen atoms in total. The van der Waals surface area contributed by atoms with E-state index in [-0.39, 0.29) is 5.91 Å². The topological polar surface area (TPSA) is 29.1 Å². The highest BCUT2D eigenvalue weighted by Crippen LogP contribution is 2.07. The van der Waals surface area contributed by atoms with Gasteiger partial charge in [0, 0.05) is 12.6 Å². The zero-order chi connectivity index (χ0) is 8.85. The molecule has 1 amide bonds. The van der Waals surface area contributed by atoms with Gasteiger partial charge >= 0.3 is 0 Å². The Morgan fingerprint density at radius 1 is 1.55 bits per heavy atom. The van der Waals surface area contributed by atoms with Gasteiger partial charge in [0.1, 0.15) is 0 Å². The van der Waals surface area contributed by atoms with E-state index in [1.165, 1.54) is 6.92 Å². The van der Waals surface area contributed by atoms with Crippen LogP contribution in [-0.4, -0.2) is 5.91 Å². The Labute approximate surface area is 68.7 Å². The zero-order valence-electron chi connectivity index (χ0n) is 7.61. The summed E-state index contributed by atoms with van der Waals surface area (Å²) in [6.45, 7) is 9.54. The molecule has 0 aliphatic heterocycles. The maximum Gasteiger partial charge on any atom is 0.220 e. The predicted molar refractivity (Wildman–Crippen MR) is 47.0 cm³/mol. The van der Waals surface area contributed by atoms with Crippen molar-refractivity contribution in [1.29, 1.82) is 0 Å². The molecule has 0 saturated heterocycles. The van der Waals surface area contributed by atoms with E-state index in [1.54, 1.807) is 0 Å². The largest absolute Gasteiger partial charge is 0.331 e. The molecule has 0 heterocycles. The first-order valence-electron chi connectivity index (χ1n) is 3.97. The van der Waals surface area contributed by atoms with Gasteiger partial charge in [0.05, 0.1) is 0 Å². The second-order valence-corrected chi connectivity index (χ2v) is 3.22. The minimum Gasteiger partial charge on any atom is -0.331 e. The maximum absolute atomic E-state index is 10.5. The van der Waals surface area contributed by atoms with E-state index in [9.17, 15) is 4.79 Å². The highest BCUT2D eigenvalue weighted by Gasteiger charge is 1.98. The van der Waals surface area contributed by atoms with Crippen molar-refractivity contribution in [3.63, 3.8) is 0 Å². The fraction of sp³-hybridized carbons (Fsp3) is 0.667. The van der Waals surface area contributed by atoms with Crippen molar-refractivity contribution in [2.75, 3.05) is 0 Å². The summed E-state index contributed by atoms with van der Waals surface area (Å²) >= 11 is 0. The lowest BCUT2D eigenvalue weighted by Gasteiger charge is -2.07. The van der Waals surface area contributed by atoms with Gasteiger partial charge in [-0.2, -0.15) is 0 Å². The van der Waals surface area contributed by atoms with E-state index in [4.69, 9.17) is 0 Å². The molecule has 0 bridgehead atoms. The summed E-state index contributed by atoms with van der Waals surface area (Å²) in [5.74, 6) is 0.638. The summed E-state index contributed by atoms with van der Waals surface area (Å²) in [4.78, 5) is 10.5. The molecule has 0 saturated carbocycles. The van der Waals surface area contributed by atoms with Crippen molar-refractivity contribution in [1.82, 2.24) is 5.32 Å². The first-order valence-corrected chi connectivity index (χ1v) is 3.97. The van der Waals surface area contributed by atoms with E-state index in [0.717, 1.165) is 18.5 Å². The zero-order valence-corrected chi connectivity index (χ0v) is 7.61. The lowest BCUT2D eigenvalue weighted by atomic mass is 10.1. The van der Waals surface area contributed by atoms with Gasteiger partial charge in [-0.05, 0) is 18.8 Å². The molecule has 2 heteroatoms. The minimum absolute atomic E-state index is 0.0289. The molecule has 0 fully saturated rings. The fourth-order valence-corrected chi connectivity index (χ4v) is 0.774. The van der Waals surface area contributed by atoms with Crippen LogP contribution in [0.3, 0.4) is 0 Å². The van der Waals surface area contributed by atoms with Gasteiger partial charge in [0.15, 0.2) is 0 Å². The summed E-state index contributed by atoms with van der Waals surface area (Å²) < 4.78 is 0. The van der Waals surface area contributed by atoms with Gasteiger partial charge < -0.3 is 5.32 Å². The van der Waals surface area contributed by atoms with Crippen LogP contribution in [-0.2, 0) is 4.79 Å². The Bertz CT molecular complexity index is 150. The summed E-state index contributed by atoms with van der Waals surface area (Å²) in [5, 5.41) is 2.66.